The summed E-state index contributed by atoms with van der Waals surface area (Å²) >= 11 is 0. The van der Waals surface area contributed by atoms with Gasteiger partial charge in [-0.2, -0.15) is 0 Å². The van der Waals surface area contributed by atoms with Crippen molar-refractivity contribution in [2.24, 2.45) is 0 Å². The van der Waals surface area contributed by atoms with Crippen molar-refractivity contribution in [1.29, 1.82) is 0 Å². The van der Waals surface area contributed by atoms with Crippen molar-refractivity contribution in [2.75, 3.05) is 5.23 Å². The number of anilines is 1. The summed E-state index contributed by atoms with van der Waals surface area (Å²) in [7, 11) is 6.32. The van der Waals surface area contributed by atoms with Crippen molar-refractivity contribution in [3.8, 4) is 0 Å². The van der Waals surface area contributed by atoms with E-state index >= 15 is 0 Å². The molecule has 2 aliphatic rings. The maximum Gasteiger partial charge on any atom is 0.254 e. The van der Waals surface area contributed by atoms with Crippen LogP contribution < -0.4 is 5.23 Å². The molecule has 26 heavy (non-hydrogen) atoms. The van der Waals surface area contributed by atoms with Crippen LogP contribution >= 0.6 is 0 Å². The highest BCUT2D eigenvalue weighted by atomic mass is 19.1. The van der Waals surface area contributed by atoms with Gasteiger partial charge in [-0.05, 0) is 17.7 Å². The highest BCUT2D eigenvalue weighted by molar-refractivity contribution is 6.56. The van der Waals surface area contributed by atoms with E-state index in [9.17, 15) is 29.2 Å². The summed E-state index contributed by atoms with van der Waals surface area (Å²) < 4.78 is 13.8. The van der Waals surface area contributed by atoms with Crippen LogP contribution in [-0.4, -0.2) is 74.8 Å². The Morgan fingerprint density at radius 1 is 1.12 bits per heavy atom. The number of hydrogen-bond acceptors (Lipinski definition) is 6. The molecule has 1 aromatic rings. The fourth-order valence-electron chi connectivity index (χ4n) is 4.06. The van der Waals surface area contributed by atoms with Gasteiger partial charge in [0, 0.05) is 23.7 Å². The van der Waals surface area contributed by atoms with Gasteiger partial charge in [-0.25, -0.2) is 4.39 Å². The number of nitrogens with zero attached hydrogens (tertiary/aromatic N) is 3. The standard InChI is InChI=1S/C13H16B4FN3O5/c14-12(15)4-13(16,11(24)20(17)10(12)23)19-3-7-6(9(19)22)1-5(18)2-8(7)21(25)26/h1-2,25-26H,3-4,14-17H2. The molecule has 0 spiro atoms. The lowest BCUT2D eigenvalue weighted by atomic mass is 9.44. The minimum atomic E-state index is -1.33. The predicted molar refractivity (Wildman–Crippen MR) is 98.4 cm³/mol. The van der Waals surface area contributed by atoms with E-state index in [2.05, 4.69) is 0 Å². The summed E-state index contributed by atoms with van der Waals surface area (Å²) in [6.07, 6.45) is 0.0987. The maximum absolute atomic E-state index is 13.8. The van der Waals surface area contributed by atoms with E-state index in [-0.39, 0.29) is 40.9 Å². The number of piperidine rings is 1. The predicted octanol–water partition coefficient (Wildman–Crippen LogP) is -3.61. The quantitative estimate of drug-likeness (QED) is 0.322. The van der Waals surface area contributed by atoms with Crippen LogP contribution in [0.25, 0.3) is 0 Å². The average molecular weight is 357 g/mol. The minimum absolute atomic E-state index is 0.0421. The van der Waals surface area contributed by atoms with E-state index in [0.29, 0.717) is 0 Å². The van der Waals surface area contributed by atoms with Crippen LogP contribution in [0.1, 0.15) is 22.3 Å². The molecule has 0 radical (unpaired) electrons. The molecule has 1 aromatic carbocycles. The highest BCUT2D eigenvalue weighted by Crippen LogP contribution is 2.43. The monoisotopic (exact) mass is 357 g/mol. The fraction of sp³-hybridized carbons (Fsp3) is 0.308. The zero-order chi connectivity index (χ0) is 19.6. The average Bonchev–Trinajstić information content (AvgIpc) is 2.87. The van der Waals surface area contributed by atoms with Crippen molar-refractivity contribution in [3.05, 3.63) is 29.1 Å². The lowest BCUT2D eigenvalue weighted by molar-refractivity contribution is -0.148. The molecule has 0 bridgehead atoms. The van der Waals surface area contributed by atoms with E-state index in [4.69, 9.17) is 0 Å². The van der Waals surface area contributed by atoms with Crippen LogP contribution in [0.15, 0.2) is 12.1 Å². The first-order valence-corrected chi connectivity index (χ1v) is 8.05. The third-order valence-corrected chi connectivity index (χ3v) is 5.23. The Morgan fingerprint density at radius 2 is 1.73 bits per heavy atom. The van der Waals surface area contributed by atoms with Gasteiger partial charge in [-0.3, -0.25) is 24.8 Å². The van der Waals surface area contributed by atoms with Crippen molar-refractivity contribution in [2.45, 2.75) is 23.6 Å². The highest BCUT2D eigenvalue weighted by Gasteiger charge is 2.55. The normalized spacial score (nSPS) is 24.8. The van der Waals surface area contributed by atoms with Crippen LogP contribution in [0.3, 0.4) is 0 Å². The Bertz CT molecular complexity index is 851. The summed E-state index contributed by atoms with van der Waals surface area (Å²) in [5.74, 6) is -2.28. The molecule has 0 aliphatic carbocycles. The number of carbonyl (C=O) groups excluding carboxylic acids is 3. The van der Waals surface area contributed by atoms with E-state index in [0.717, 1.165) is 16.9 Å². The molecular weight excluding hydrogens is 340 g/mol. The number of imide groups is 1. The molecule has 1 unspecified atom stereocenters. The largest absolute Gasteiger partial charge is 0.336 e. The molecule has 0 aromatic heterocycles. The van der Waals surface area contributed by atoms with Gasteiger partial charge in [-0.15, -0.1) is 5.23 Å². The van der Waals surface area contributed by atoms with Crippen LogP contribution in [-0.2, 0) is 16.1 Å². The molecule has 1 saturated heterocycles. The first kappa shape index (κ1) is 18.5. The summed E-state index contributed by atoms with van der Waals surface area (Å²) in [5, 5.41) is 17.6. The second-order valence-corrected chi connectivity index (χ2v) is 7.64. The minimum Gasteiger partial charge on any atom is -0.336 e. The number of amides is 3. The molecule has 3 amide bonds. The molecule has 2 heterocycles. The fourth-order valence-corrected chi connectivity index (χ4v) is 4.06. The molecule has 0 saturated carbocycles. The van der Waals surface area contributed by atoms with E-state index in [1.807, 2.05) is 0 Å². The van der Waals surface area contributed by atoms with Crippen LogP contribution in [0.5, 0.6) is 0 Å². The second-order valence-electron chi connectivity index (χ2n) is 7.64. The molecule has 13 heteroatoms. The van der Waals surface area contributed by atoms with Crippen LogP contribution in [0.2, 0.25) is 5.21 Å². The third-order valence-electron chi connectivity index (χ3n) is 5.23. The zero-order valence-corrected chi connectivity index (χ0v) is 14.9. The Hall–Kier alpha value is -2.26. The number of fused-ring (bicyclic) bond motifs is 1. The van der Waals surface area contributed by atoms with Gasteiger partial charge < -0.3 is 9.71 Å². The second kappa shape index (κ2) is 5.62. The van der Waals surface area contributed by atoms with E-state index in [1.54, 1.807) is 23.5 Å². The summed E-state index contributed by atoms with van der Waals surface area (Å²) in [6.45, 7) is -0.109. The molecule has 3 rings (SSSR count). The van der Waals surface area contributed by atoms with Crippen molar-refractivity contribution in [3.63, 3.8) is 0 Å². The van der Waals surface area contributed by atoms with Gasteiger partial charge in [0.25, 0.3) is 5.91 Å². The van der Waals surface area contributed by atoms with Gasteiger partial charge in [0.05, 0.1) is 5.44 Å². The number of carbonyl (C=O) groups is 3. The topological polar surface area (TPSA) is 101 Å². The lowest BCUT2D eigenvalue weighted by Crippen LogP contribution is -2.67. The summed E-state index contributed by atoms with van der Waals surface area (Å²) in [5.41, 5.74) is -1.44. The number of hydrogen-bond donors (Lipinski definition) is 2. The molecule has 2 aliphatic heterocycles. The van der Waals surface area contributed by atoms with E-state index in [1.165, 1.54) is 12.9 Å². The Labute approximate surface area is 152 Å². The van der Waals surface area contributed by atoms with Crippen molar-refractivity contribution >= 4 is 54.9 Å². The molecule has 1 atom stereocenters. The molecule has 132 valence electrons. The smallest absolute Gasteiger partial charge is 0.254 e. The number of benzene rings is 1. The summed E-state index contributed by atoms with van der Waals surface area (Å²) in [6, 6.07) is 1.89. The summed E-state index contributed by atoms with van der Waals surface area (Å²) in [4.78, 5) is 40.3. The first-order valence-electron chi connectivity index (χ1n) is 8.05. The van der Waals surface area contributed by atoms with Gasteiger partial charge in [0.2, 0.25) is 19.8 Å². The van der Waals surface area contributed by atoms with Crippen molar-refractivity contribution in [1.82, 2.24) is 9.71 Å². The Kier molecular flexibility index (Phi) is 4.00. The SMILES string of the molecule is BN1C(=O)C(B)(B)CC(B)(N2Cc3c(cc(F)cc3N(O)O)C2=O)C1=O. The lowest BCUT2D eigenvalue weighted by Gasteiger charge is -2.49. The molecule has 8 nitrogen and oxygen atoms in total. The number of rotatable bonds is 2. The van der Waals surface area contributed by atoms with Gasteiger partial charge in [0.1, 0.15) is 35.0 Å². The Morgan fingerprint density at radius 3 is 2.31 bits per heavy atom. The van der Waals surface area contributed by atoms with Gasteiger partial charge in [-0.1, -0.05) is 0 Å². The van der Waals surface area contributed by atoms with Gasteiger partial charge >= 0.3 is 0 Å². The van der Waals surface area contributed by atoms with E-state index < -0.39 is 28.3 Å². The molecule has 1 fully saturated rings. The van der Waals surface area contributed by atoms with Crippen molar-refractivity contribution < 1.29 is 29.2 Å². The van der Waals surface area contributed by atoms with Crippen LogP contribution in [0, 0.1) is 5.82 Å². The molecule has 2 N–H and O–H groups in total. The number of halogens is 1. The zero-order valence-electron chi connectivity index (χ0n) is 14.9. The van der Waals surface area contributed by atoms with Crippen LogP contribution in [0.4, 0.5) is 10.1 Å². The van der Waals surface area contributed by atoms with Gasteiger partial charge in [0.15, 0.2) is 0 Å². The third kappa shape index (κ3) is 2.45. The first-order chi connectivity index (χ1) is 11.9. The Balaban J connectivity index is 2.08. The molecular formula is C13H16B4FN3O5. The maximum atomic E-state index is 13.8.